The van der Waals surface area contributed by atoms with Crippen molar-refractivity contribution < 1.29 is 14.4 Å². The van der Waals surface area contributed by atoms with Gasteiger partial charge < -0.3 is 16.0 Å². The molecule has 1 heterocycles. The third-order valence-electron chi connectivity index (χ3n) is 6.09. The molecule has 3 unspecified atom stereocenters. The third kappa shape index (κ3) is 4.66. The molecular formula is C23H25ClN4O3. The van der Waals surface area contributed by atoms with E-state index in [4.69, 9.17) is 11.6 Å². The lowest BCUT2D eigenvalue weighted by atomic mass is 9.91. The second-order valence-electron chi connectivity index (χ2n) is 8.32. The first-order valence-corrected chi connectivity index (χ1v) is 10.7. The topological polar surface area (TPSA) is 99.3 Å². The maximum Gasteiger partial charge on any atom is 0.322 e. The van der Waals surface area contributed by atoms with Gasteiger partial charge in [0.05, 0.1) is 0 Å². The Hall–Kier alpha value is -3.06. The van der Waals surface area contributed by atoms with Crippen LogP contribution in [0.4, 0.5) is 9.59 Å². The second-order valence-corrected chi connectivity index (χ2v) is 8.76. The van der Waals surface area contributed by atoms with Gasteiger partial charge in [0.1, 0.15) is 5.54 Å². The largest absolute Gasteiger partial charge is 0.335 e. The first-order chi connectivity index (χ1) is 14.8. The van der Waals surface area contributed by atoms with Gasteiger partial charge in [-0.15, -0.1) is 0 Å². The summed E-state index contributed by atoms with van der Waals surface area (Å²) in [7, 11) is 0. The summed E-state index contributed by atoms with van der Waals surface area (Å²) in [5.41, 5.74) is 1.60. The van der Waals surface area contributed by atoms with E-state index in [9.17, 15) is 14.4 Å². The number of amides is 5. The summed E-state index contributed by atoms with van der Waals surface area (Å²) in [4.78, 5) is 36.1. The number of urea groups is 2. The Morgan fingerprint density at radius 1 is 1.16 bits per heavy atom. The van der Waals surface area contributed by atoms with Gasteiger partial charge in [0.2, 0.25) is 0 Å². The fourth-order valence-corrected chi connectivity index (χ4v) is 4.53. The highest BCUT2D eigenvalue weighted by Gasteiger charge is 2.43. The standard InChI is InChI=1S/C23H25ClN4O3/c1-23(20(29)27-22(31)28-23)17-6-2-4-14(10-17)13-25-21(30)26-19-9-8-16(12-19)15-5-3-7-18(24)11-15/h2-7,10-11,16,19H,8-9,12-13H2,1H3,(H2,25,26,30)(H2,27,28,29,31). The molecule has 0 radical (unpaired) electrons. The van der Waals surface area contributed by atoms with Gasteiger partial charge in [-0.2, -0.15) is 0 Å². The summed E-state index contributed by atoms with van der Waals surface area (Å²) in [5, 5.41) is 11.6. The van der Waals surface area contributed by atoms with Crippen molar-refractivity contribution in [1.82, 2.24) is 21.3 Å². The number of nitrogens with one attached hydrogen (secondary N) is 4. The number of halogens is 1. The van der Waals surface area contributed by atoms with Crippen LogP contribution in [0.15, 0.2) is 48.5 Å². The second kappa shape index (κ2) is 8.59. The zero-order chi connectivity index (χ0) is 22.0. The summed E-state index contributed by atoms with van der Waals surface area (Å²) in [6, 6.07) is 14.6. The first kappa shape index (κ1) is 21.2. The van der Waals surface area contributed by atoms with Crippen LogP contribution in [0.3, 0.4) is 0 Å². The molecular weight excluding hydrogens is 416 g/mol. The Kier molecular flexibility index (Phi) is 5.87. The van der Waals surface area contributed by atoms with Crippen molar-refractivity contribution in [3.8, 4) is 0 Å². The lowest BCUT2D eigenvalue weighted by Crippen LogP contribution is -2.41. The van der Waals surface area contributed by atoms with Crippen LogP contribution in [0.25, 0.3) is 0 Å². The molecule has 4 rings (SSSR count). The van der Waals surface area contributed by atoms with Crippen LogP contribution in [0.5, 0.6) is 0 Å². The maximum absolute atomic E-state index is 12.4. The SMILES string of the molecule is CC1(c2cccc(CNC(=O)NC3CCC(c4cccc(Cl)c4)C3)c2)NC(=O)NC1=O. The number of carbonyl (C=O) groups is 3. The molecule has 1 aliphatic carbocycles. The van der Waals surface area contributed by atoms with E-state index in [1.807, 2.05) is 30.3 Å². The Labute approximate surface area is 185 Å². The lowest BCUT2D eigenvalue weighted by Gasteiger charge is -2.22. The van der Waals surface area contributed by atoms with Crippen molar-refractivity contribution in [3.63, 3.8) is 0 Å². The van der Waals surface area contributed by atoms with E-state index < -0.39 is 17.5 Å². The van der Waals surface area contributed by atoms with Crippen LogP contribution in [-0.2, 0) is 16.9 Å². The highest BCUT2D eigenvalue weighted by Crippen LogP contribution is 2.35. The van der Waals surface area contributed by atoms with Crippen LogP contribution in [0, 0.1) is 0 Å². The van der Waals surface area contributed by atoms with E-state index in [2.05, 4.69) is 27.3 Å². The van der Waals surface area contributed by atoms with Gasteiger partial charge in [0.25, 0.3) is 5.91 Å². The van der Waals surface area contributed by atoms with Crippen LogP contribution in [0.1, 0.15) is 48.8 Å². The van der Waals surface area contributed by atoms with E-state index in [1.54, 1.807) is 19.1 Å². The number of hydrogen-bond acceptors (Lipinski definition) is 3. The number of rotatable bonds is 5. The maximum atomic E-state index is 12.4. The molecule has 162 valence electrons. The highest BCUT2D eigenvalue weighted by atomic mass is 35.5. The van der Waals surface area contributed by atoms with Gasteiger partial charge in [0, 0.05) is 17.6 Å². The number of carbonyl (C=O) groups excluding carboxylic acids is 3. The van der Waals surface area contributed by atoms with Crippen LogP contribution in [-0.4, -0.2) is 24.0 Å². The third-order valence-corrected chi connectivity index (χ3v) is 6.33. The van der Waals surface area contributed by atoms with E-state index >= 15 is 0 Å². The zero-order valence-corrected chi connectivity index (χ0v) is 18.0. The summed E-state index contributed by atoms with van der Waals surface area (Å²) in [6.07, 6.45) is 2.82. The Balaban J connectivity index is 1.31. The quantitative estimate of drug-likeness (QED) is 0.535. The Bertz CT molecular complexity index is 1030. The van der Waals surface area contributed by atoms with Gasteiger partial charge >= 0.3 is 12.1 Å². The molecule has 2 fully saturated rings. The molecule has 31 heavy (non-hydrogen) atoms. The summed E-state index contributed by atoms with van der Waals surface area (Å²) in [6.45, 7) is 1.97. The molecule has 1 saturated carbocycles. The van der Waals surface area contributed by atoms with Gasteiger partial charge in [-0.05, 0) is 60.9 Å². The van der Waals surface area contributed by atoms with E-state index in [-0.39, 0.29) is 12.1 Å². The lowest BCUT2D eigenvalue weighted by molar-refractivity contribution is -0.123. The van der Waals surface area contributed by atoms with Gasteiger partial charge in [-0.1, -0.05) is 48.0 Å². The average molecular weight is 441 g/mol. The summed E-state index contributed by atoms with van der Waals surface area (Å²) >= 11 is 6.10. The predicted molar refractivity (Wildman–Crippen MR) is 118 cm³/mol. The predicted octanol–water partition coefficient (Wildman–Crippen LogP) is 3.53. The van der Waals surface area contributed by atoms with Crippen molar-refractivity contribution in [1.29, 1.82) is 0 Å². The number of benzene rings is 2. The molecule has 0 spiro atoms. The van der Waals surface area contributed by atoms with Gasteiger partial charge in [0.15, 0.2) is 0 Å². The van der Waals surface area contributed by atoms with Crippen molar-refractivity contribution in [2.75, 3.05) is 0 Å². The Morgan fingerprint density at radius 2 is 1.97 bits per heavy atom. The summed E-state index contributed by atoms with van der Waals surface area (Å²) in [5.74, 6) is 0.00466. The monoisotopic (exact) mass is 440 g/mol. The molecule has 8 heteroatoms. The zero-order valence-electron chi connectivity index (χ0n) is 17.2. The molecule has 4 N–H and O–H groups in total. The van der Waals surface area contributed by atoms with E-state index in [1.165, 1.54) is 5.56 Å². The van der Waals surface area contributed by atoms with Crippen molar-refractivity contribution in [2.24, 2.45) is 0 Å². The smallest absolute Gasteiger partial charge is 0.322 e. The number of imide groups is 1. The van der Waals surface area contributed by atoms with Crippen molar-refractivity contribution in [2.45, 2.75) is 50.2 Å². The van der Waals surface area contributed by atoms with Crippen LogP contribution in [0.2, 0.25) is 5.02 Å². The van der Waals surface area contributed by atoms with Crippen molar-refractivity contribution >= 4 is 29.6 Å². The molecule has 0 aromatic heterocycles. The molecule has 2 aromatic carbocycles. The minimum atomic E-state index is -1.12. The number of hydrogen-bond donors (Lipinski definition) is 4. The average Bonchev–Trinajstić information content (AvgIpc) is 3.31. The normalized spacial score (nSPS) is 25.1. The van der Waals surface area contributed by atoms with Crippen LogP contribution < -0.4 is 21.3 Å². The molecule has 7 nitrogen and oxygen atoms in total. The molecule has 1 saturated heterocycles. The molecule has 2 aromatic rings. The minimum Gasteiger partial charge on any atom is -0.335 e. The fraction of sp³-hybridized carbons (Fsp3) is 0.348. The van der Waals surface area contributed by atoms with Crippen LogP contribution >= 0.6 is 11.6 Å². The van der Waals surface area contributed by atoms with E-state index in [0.717, 1.165) is 29.8 Å². The Morgan fingerprint density at radius 3 is 2.71 bits per heavy atom. The van der Waals surface area contributed by atoms with Crippen molar-refractivity contribution in [3.05, 3.63) is 70.2 Å². The first-order valence-electron chi connectivity index (χ1n) is 10.4. The highest BCUT2D eigenvalue weighted by molar-refractivity contribution is 6.30. The molecule has 2 aliphatic rings. The molecule has 3 atom stereocenters. The van der Waals surface area contributed by atoms with Gasteiger partial charge in [-0.25, -0.2) is 9.59 Å². The fourth-order valence-electron chi connectivity index (χ4n) is 4.33. The molecule has 1 aliphatic heterocycles. The molecule has 5 amide bonds. The summed E-state index contributed by atoms with van der Waals surface area (Å²) < 4.78 is 0. The minimum absolute atomic E-state index is 0.117. The molecule has 0 bridgehead atoms. The van der Waals surface area contributed by atoms with Gasteiger partial charge in [-0.3, -0.25) is 10.1 Å². The van der Waals surface area contributed by atoms with E-state index in [0.29, 0.717) is 18.0 Å².